The Morgan fingerprint density at radius 1 is 1.24 bits per heavy atom. The van der Waals surface area contributed by atoms with E-state index in [-0.39, 0.29) is 11.9 Å². The molecule has 0 atom stereocenters. The van der Waals surface area contributed by atoms with Gasteiger partial charge in [-0.2, -0.15) is 0 Å². The van der Waals surface area contributed by atoms with Crippen LogP contribution in [-0.2, 0) is 0 Å². The van der Waals surface area contributed by atoms with Crippen molar-refractivity contribution in [1.82, 2.24) is 25.2 Å². The van der Waals surface area contributed by atoms with Crippen molar-refractivity contribution in [2.24, 2.45) is 5.92 Å². The average molecular weight is 359 g/mol. The number of nitrogens with one attached hydrogen (secondary N) is 1. The van der Waals surface area contributed by atoms with Gasteiger partial charge in [-0.05, 0) is 58.7 Å². The Morgan fingerprint density at radius 2 is 1.92 bits per heavy atom. The highest BCUT2D eigenvalue weighted by Crippen LogP contribution is 2.27. The standard InChI is InChI=1S/C18H25N5OS/c1-12-15(25-18(21-12)16-19-9-4-10-20-16)17(24)22-14-7-5-13(6-8-14)11-23(2)3/h4,9-10,13-14H,5-8,11H2,1-3H3,(H,22,24). The molecule has 3 rings (SSSR count). The number of aromatic nitrogens is 3. The number of thiazole rings is 1. The molecule has 0 aliphatic heterocycles. The van der Waals surface area contributed by atoms with E-state index in [1.165, 1.54) is 24.2 Å². The minimum Gasteiger partial charge on any atom is -0.349 e. The van der Waals surface area contributed by atoms with E-state index in [0.29, 0.717) is 15.7 Å². The van der Waals surface area contributed by atoms with E-state index >= 15 is 0 Å². The molecule has 1 aliphatic carbocycles. The molecule has 0 aromatic carbocycles. The summed E-state index contributed by atoms with van der Waals surface area (Å²) in [6.07, 6.45) is 7.82. The average Bonchev–Trinajstić information content (AvgIpc) is 2.99. The number of rotatable bonds is 5. The van der Waals surface area contributed by atoms with Gasteiger partial charge in [-0.1, -0.05) is 0 Å². The van der Waals surface area contributed by atoms with Gasteiger partial charge in [0, 0.05) is 25.0 Å². The second-order valence-electron chi connectivity index (χ2n) is 6.96. The molecule has 6 nitrogen and oxygen atoms in total. The van der Waals surface area contributed by atoms with Gasteiger partial charge >= 0.3 is 0 Å². The summed E-state index contributed by atoms with van der Waals surface area (Å²) in [6, 6.07) is 2.04. The Balaban J connectivity index is 1.60. The van der Waals surface area contributed by atoms with E-state index in [4.69, 9.17) is 0 Å². The molecule has 2 heterocycles. The number of carbonyl (C=O) groups is 1. The topological polar surface area (TPSA) is 71.0 Å². The Bertz CT molecular complexity index is 708. The Morgan fingerprint density at radius 3 is 2.56 bits per heavy atom. The predicted molar refractivity (Wildman–Crippen MR) is 99.6 cm³/mol. The van der Waals surface area contributed by atoms with Gasteiger partial charge in [0.05, 0.1) is 5.69 Å². The first-order valence-corrected chi connectivity index (χ1v) is 9.55. The van der Waals surface area contributed by atoms with Crippen LogP contribution in [0.2, 0.25) is 0 Å². The zero-order chi connectivity index (χ0) is 17.8. The summed E-state index contributed by atoms with van der Waals surface area (Å²) in [7, 11) is 4.24. The van der Waals surface area contributed by atoms with Crippen molar-refractivity contribution in [3.8, 4) is 10.8 Å². The number of hydrogen-bond acceptors (Lipinski definition) is 6. The maximum absolute atomic E-state index is 12.6. The fraction of sp³-hybridized carbons (Fsp3) is 0.556. The smallest absolute Gasteiger partial charge is 0.263 e. The van der Waals surface area contributed by atoms with Gasteiger partial charge in [0.25, 0.3) is 5.91 Å². The van der Waals surface area contributed by atoms with Crippen LogP contribution in [0.5, 0.6) is 0 Å². The van der Waals surface area contributed by atoms with Crippen molar-refractivity contribution in [3.63, 3.8) is 0 Å². The molecule has 1 amide bonds. The summed E-state index contributed by atoms with van der Waals surface area (Å²) in [5.74, 6) is 1.29. The number of nitrogens with zero attached hydrogens (tertiary/aromatic N) is 4. The highest BCUT2D eigenvalue weighted by Gasteiger charge is 2.25. The Kier molecular flexibility index (Phi) is 5.75. The van der Waals surface area contributed by atoms with Crippen LogP contribution in [0.4, 0.5) is 0 Å². The second kappa shape index (κ2) is 8.01. The summed E-state index contributed by atoms with van der Waals surface area (Å²) >= 11 is 1.36. The van der Waals surface area contributed by atoms with E-state index in [1.54, 1.807) is 18.5 Å². The molecular weight excluding hydrogens is 334 g/mol. The summed E-state index contributed by atoms with van der Waals surface area (Å²) in [4.78, 5) is 28.4. The Hall–Kier alpha value is -1.86. The van der Waals surface area contributed by atoms with Crippen LogP contribution < -0.4 is 5.32 Å². The minimum absolute atomic E-state index is 0.0201. The van der Waals surface area contributed by atoms with Gasteiger partial charge in [-0.3, -0.25) is 4.79 Å². The van der Waals surface area contributed by atoms with Crippen molar-refractivity contribution >= 4 is 17.2 Å². The quantitative estimate of drug-likeness (QED) is 0.889. The molecule has 1 aliphatic rings. The molecule has 134 valence electrons. The molecule has 0 unspecified atom stereocenters. The van der Waals surface area contributed by atoms with Crippen LogP contribution in [-0.4, -0.2) is 52.4 Å². The summed E-state index contributed by atoms with van der Waals surface area (Å²) in [5.41, 5.74) is 0.742. The molecule has 2 aromatic rings. The molecule has 0 radical (unpaired) electrons. The molecule has 7 heteroatoms. The van der Waals surface area contributed by atoms with E-state index < -0.39 is 0 Å². The predicted octanol–water partition coefficient (Wildman–Crippen LogP) is 2.76. The van der Waals surface area contributed by atoms with E-state index in [9.17, 15) is 4.79 Å². The highest BCUT2D eigenvalue weighted by atomic mass is 32.1. The van der Waals surface area contributed by atoms with Gasteiger partial charge in [0.2, 0.25) is 0 Å². The van der Waals surface area contributed by atoms with Crippen LogP contribution in [0.25, 0.3) is 10.8 Å². The van der Waals surface area contributed by atoms with E-state index in [1.807, 2.05) is 6.92 Å². The lowest BCUT2D eigenvalue weighted by Crippen LogP contribution is -2.39. The van der Waals surface area contributed by atoms with Crippen molar-refractivity contribution in [2.75, 3.05) is 20.6 Å². The summed E-state index contributed by atoms with van der Waals surface area (Å²) in [6.45, 7) is 3.00. The monoisotopic (exact) mass is 359 g/mol. The zero-order valence-electron chi connectivity index (χ0n) is 15.0. The first-order chi connectivity index (χ1) is 12.0. The second-order valence-corrected chi connectivity index (χ2v) is 7.96. The molecule has 1 N–H and O–H groups in total. The first-order valence-electron chi connectivity index (χ1n) is 8.73. The summed E-state index contributed by atoms with van der Waals surface area (Å²) < 4.78 is 0. The minimum atomic E-state index is -0.0201. The fourth-order valence-corrected chi connectivity index (χ4v) is 4.29. The van der Waals surface area contributed by atoms with Crippen molar-refractivity contribution in [1.29, 1.82) is 0 Å². The van der Waals surface area contributed by atoms with Crippen molar-refractivity contribution in [3.05, 3.63) is 29.0 Å². The molecule has 0 spiro atoms. The molecule has 1 saturated carbocycles. The third-order valence-electron chi connectivity index (χ3n) is 4.57. The third kappa shape index (κ3) is 4.61. The van der Waals surface area contributed by atoms with Gasteiger partial charge in [0.15, 0.2) is 10.8 Å². The van der Waals surface area contributed by atoms with Gasteiger partial charge in [0.1, 0.15) is 4.88 Å². The summed E-state index contributed by atoms with van der Waals surface area (Å²) in [5, 5.41) is 3.88. The molecular formula is C18H25N5OS. The lowest BCUT2D eigenvalue weighted by Gasteiger charge is -2.30. The van der Waals surface area contributed by atoms with Gasteiger partial charge in [-0.25, -0.2) is 15.0 Å². The largest absolute Gasteiger partial charge is 0.349 e. The molecule has 0 bridgehead atoms. The van der Waals surface area contributed by atoms with Gasteiger partial charge < -0.3 is 10.2 Å². The number of carbonyl (C=O) groups excluding carboxylic acids is 1. The molecule has 25 heavy (non-hydrogen) atoms. The number of hydrogen-bond donors (Lipinski definition) is 1. The van der Waals surface area contributed by atoms with Crippen LogP contribution in [0.3, 0.4) is 0 Å². The van der Waals surface area contributed by atoms with Crippen LogP contribution in [0.1, 0.15) is 41.0 Å². The highest BCUT2D eigenvalue weighted by molar-refractivity contribution is 7.17. The van der Waals surface area contributed by atoms with Crippen LogP contribution in [0.15, 0.2) is 18.5 Å². The number of aryl methyl sites for hydroxylation is 1. The van der Waals surface area contributed by atoms with Crippen molar-refractivity contribution < 1.29 is 4.79 Å². The third-order valence-corrected chi connectivity index (χ3v) is 5.72. The van der Waals surface area contributed by atoms with Gasteiger partial charge in [-0.15, -0.1) is 11.3 Å². The SMILES string of the molecule is Cc1nc(-c2ncccn2)sc1C(=O)NC1CCC(CN(C)C)CC1. The Labute approximate surface area is 152 Å². The maximum Gasteiger partial charge on any atom is 0.263 e. The fourth-order valence-electron chi connectivity index (χ4n) is 3.37. The zero-order valence-corrected chi connectivity index (χ0v) is 15.8. The van der Waals surface area contributed by atoms with Crippen LogP contribution >= 0.6 is 11.3 Å². The van der Waals surface area contributed by atoms with E-state index in [2.05, 4.69) is 39.3 Å². The lowest BCUT2D eigenvalue weighted by atomic mass is 9.86. The molecule has 0 saturated heterocycles. The number of amides is 1. The maximum atomic E-state index is 12.6. The normalized spacial score (nSPS) is 20.6. The molecule has 1 fully saturated rings. The van der Waals surface area contributed by atoms with E-state index in [0.717, 1.165) is 31.0 Å². The first kappa shape index (κ1) is 17.9. The van der Waals surface area contributed by atoms with Crippen molar-refractivity contribution in [2.45, 2.75) is 38.6 Å². The molecule has 2 aromatic heterocycles. The lowest BCUT2D eigenvalue weighted by molar-refractivity contribution is 0.0922. The van der Waals surface area contributed by atoms with Crippen LogP contribution in [0, 0.1) is 12.8 Å².